The van der Waals surface area contributed by atoms with Crippen molar-refractivity contribution >= 4 is 35.5 Å². The third-order valence-electron chi connectivity index (χ3n) is 4.55. The van der Waals surface area contributed by atoms with Gasteiger partial charge in [-0.15, -0.1) is 0 Å². The van der Waals surface area contributed by atoms with Gasteiger partial charge in [0.1, 0.15) is 12.2 Å². The Bertz CT molecular complexity index is 862. The second-order valence-electron chi connectivity index (χ2n) is 6.54. The number of nitrogens with one attached hydrogen (secondary N) is 1. The molecule has 1 aromatic carbocycles. The summed E-state index contributed by atoms with van der Waals surface area (Å²) in [5.74, 6) is -0.818. The van der Waals surface area contributed by atoms with E-state index >= 15 is 0 Å². The average molecular weight is 389 g/mol. The highest BCUT2D eigenvalue weighted by molar-refractivity contribution is 6.30. The predicted octanol–water partition coefficient (Wildman–Crippen LogP) is 3.29. The fraction of sp³-hybridized carbons (Fsp3) is 0.368. The number of anilines is 1. The fourth-order valence-electron chi connectivity index (χ4n) is 3.19. The minimum atomic E-state index is -0.803. The Morgan fingerprint density at radius 1 is 1.37 bits per heavy atom. The lowest BCUT2D eigenvalue weighted by atomic mass is 9.94. The Labute approximate surface area is 162 Å². The number of aliphatic imine (C=N–C) groups is 1. The van der Waals surface area contributed by atoms with E-state index in [1.54, 1.807) is 18.5 Å². The summed E-state index contributed by atoms with van der Waals surface area (Å²) in [5, 5.41) is 13.0. The molecule has 0 spiro atoms. The molecule has 142 valence electrons. The highest BCUT2D eigenvalue weighted by Gasteiger charge is 2.21. The van der Waals surface area contributed by atoms with E-state index in [9.17, 15) is 14.7 Å². The van der Waals surface area contributed by atoms with Crippen molar-refractivity contribution in [2.24, 2.45) is 10.9 Å². The van der Waals surface area contributed by atoms with Crippen LogP contribution in [0.2, 0.25) is 5.02 Å². The molecule has 2 heterocycles. The number of hydrogen-bond donors (Lipinski definition) is 2. The first-order valence-corrected chi connectivity index (χ1v) is 9.23. The number of fused-ring (bicyclic) bond motifs is 1. The Hall–Kier alpha value is -2.67. The monoisotopic (exact) mass is 388 g/mol. The summed E-state index contributed by atoms with van der Waals surface area (Å²) in [7, 11) is 0. The maximum Gasteiger partial charge on any atom is 0.306 e. The van der Waals surface area contributed by atoms with Gasteiger partial charge in [0, 0.05) is 11.6 Å². The fourth-order valence-corrected chi connectivity index (χ4v) is 3.41. The zero-order valence-electron chi connectivity index (χ0n) is 14.8. The molecule has 1 unspecified atom stereocenters. The van der Waals surface area contributed by atoms with Crippen molar-refractivity contribution in [2.75, 3.05) is 11.9 Å². The largest absolute Gasteiger partial charge is 0.481 e. The second-order valence-corrected chi connectivity index (χ2v) is 6.97. The molecule has 0 saturated heterocycles. The van der Waals surface area contributed by atoms with Gasteiger partial charge in [0.05, 0.1) is 18.6 Å². The molecule has 0 saturated carbocycles. The van der Waals surface area contributed by atoms with Crippen molar-refractivity contribution in [2.45, 2.75) is 32.2 Å². The maximum absolute atomic E-state index is 12.1. The zero-order chi connectivity index (χ0) is 19.2. The van der Waals surface area contributed by atoms with Crippen molar-refractivity contribution in [1.82, 2.24) is 9.55 Å². The van der Waals surface area contributed by atoms with Crippen LogP contribution < -0.4 is 5.32 Å². The number of unbranched alkanes of at least 4 members (excludes halogenated alkanes) is 1. The van der Waals surface area contributed by atoms with Crippen LogP contribution in [0, 0.1) is 5.92 Å². The van der Waals surface area contributed by atoms with Gasteiger partial charge in [-0.25, -0.2) is 4.98 Å². The van der Waals surface area contributed by atoms with Crippen molar-refractivity contribution in [3.05, 3.63) is 46.9 Å². The first-order chi connectivity index (χ1) is 13.0. The molecule has 8 heteroatoms. The van der Waals surface area contributed by atoms with Crippen LogP contribution in [0.15, 0.2) is 35.6 Å². The first kappa shape index (κ1) is 19.1. The highest BCUT2D eigenvalue weighted by atomic mass is 35.5. The topological polar surface area (TPSA) is 96.6 Å². The summed E-state index contributed by atoms with van der Waals surface area (Å²) >= 11 is 5.98. The van der Waals surface area contributed by atoms with Crippen LogP contribution in [0.4, 0.5) is 5.82 Å². The summed E-state index contributed by atoms with van der Waals surface area (Å²) in [6.07, 6.45) is 5.63. The van der Waals surface area contributed by atoms with Crippen molar-refractivity contribution in [1.29, 1.82) is 0 Å². The number of aromatic nitrogens is 2. The Kier molecular flexibility index (Phi) is 6.24. The highest BCUT2D eigenvalue weighted by Crippen LogP contribution is 2.20. The molecule has 0 aliphatic carbocycles. The van der Waals surface area contributed by atoms with Gasteiger partial charge in [0.15, 0.2) is 5.82 Å². The van der Waals surface area contributed by atoms with Gasteiger partial charge < -0.3 is 15.0 Å². The summed E-state index contributed by atoms with van der Waals surface area (Å²) < 4.78 is 1.81. The van der Waals surface area contributed by atoms with Gasteiger partial charge >= 0.3 is 5.97 Å². The van der Waals surface area contributed by atoms with Crippen LogP contribution in [0.25, 0.3) is 0 Å². The molecule has 1 atom stereocenters. The maximum atomic E-state index is 12.1. The number of rotatable bonds is 8. The van der Waals surface area contributed by atoms with E-state index < -0.39 is 11.9 Å². The molecule has 27 heavy (non-hydrogen) atoms. The number of ketones is 1. The van der Waals surface area contributed by atoms with E-state index in [4.69, 9.17) is 11.6 Å². The van der Waals surface area contributed by atoms with E-state index in [0.29, 0.717) is 35.9 Å². The van der Waals surface area contributed by atoms with Crippen molar-refractivity contribution in [3.63, 3.8) is 0 Å². The number of aryl methyl sites for hydroxylation is 1. The SMILES string of the molecule is O=C1CN=CNc2ncn(CCCCC(Cc3cccc(Cl)c3)C(=O)O)c21. The van der Waals surface area contributed by atoms with E-state index in [1.165, 1.54) is 6.34 Å². The van der Waals surface area contributed by atoms with E-state index in [2.05, 4.69) is 15.3 Å². The summed E-state index contributed by atoms with van der Waals surface area (Å²) in [6, 6.07) is 7.30. The number of benzene rings is 1. The number of aliphatic carboxylic acids is 1. The van der Waals surface area contributed by atoms with Crippen LogP contribution in [0.3, 0.4) is 0 Å². The molecular formula is C19H21ClN4O3. The van der Waals surface area contributed by atoms with Crippen molar-refractivity contribution < 1.29 is 14.7 Å². The summed E-state index contributed by atoms with van der Waals surface area (Å²) in [4.78, 5) is 31.9. The van der Waals surface area contributed by atoms with Gasteiger partial charge in [0.2, 0.25) is 5.78 Å². The minimum Gasteiger partial charge on any atom is -0.481 e. The summed E-state index contributed by atoms with van der Waals surface area (Å²) in [5.41, 5.74) is 1.45. The van der Waals surface area contributed by atoms with Crippen LogP contribution >= 0.6 is 11.6 Å². The number of carboxylic acid groups (broad SMARTS) is 1. The number of halogens is 1. The molecule has 2 aromatic rings. The van der Waals surface area contributed by atoms with Crippen molar-refractivity contribution in [3.8, 4) is 0 Å². The molecule has 0 amide bonds. The Morgan fingerprint density at radius 3 is 3.00 bits per heavy atom. The Morgan fingerprint density at radius 2 is 2.22 bits per heavy atom. The smallest absolute Gasteiger partial charge is 0.306 e. The molecule has 0 radical (unpaired) electrons. The molecule has 0 bridgehead atoms. The van der Waals surface area contributed by atoms with Crippen LogP contribution in [0.5, 0.6) is 0 Å². The molecular weight excluding hydrogens is 368 g/mol. The van der Waals surface area contributed by atoms with E-state index in [0.717, 1.165) is 18.4 Å². The lowest BCUT2D eigenvalue weighted by Crippen LogP contribution is -2.17. The molecule has 1 aromatic heterocycles. The van der Waals surface area contributed by atoms with Crippen LogP contribution in [0.1, 0.15) is 35.3 Å². The standard InChI is InChI=1S/C19H21ClN4O3/c20-15-6-3-4-13(9-15)8-14(19(26)27)5-1-2-7-24-12-23-18-17(24)16(25)10-21-11-22-18/h3-4,6,9,11-12,14H,1-2,5,7-8,10H2,(H,21,22)(H,26,27). The third kappa shape index (κ3) is 4.95. The van der Waals surface area contributed by atoms with Gasteiger partial charge in [0.25, 0.3) is 0 Å². The molecule has 1 aliphatic heterocycles. The lowest BCUT2D eigenvalue weighted by Gasteiger charge is -2.13. The van der Waals surface area contributed by atoms with Gasteiger partial charge in [-0.05, 0) is 37.0 Å². The number of carbonyl (C=O) groups is 2. The first-order valence-electron chi connectivity index (χ1n) is 8.85. The van der Waals surface area contributed by atoms with Gasteiger partial charge in [-0.2, -0.15) is 0 Å². The normalized spacial score (nSPS) is 14.3. The average Bonchev–Trinajstić information content (AvgIpc) is 2.94. The molecule has 3 rings (SSSR count). The number of Topliss-reactive ketones (excluding diaryl/α,β-unsaturated/α-hetero) is 1. The quantitative estimate of drug-likeness (QED) is 0.676. The molecule has 7 nitrogen and oxygen atoms in total. The number of imidazole rings is 1. The van der Waals surface area contributed by atoms with Gasteiger partial charge in [-0.3, -0.25) is 14.6 Å². The Balaban J connectivity index is 1.54. The van der Waals surface area contributed by atoms with Crippen LogP contribution in [-0.4, -0.2) is 39.3 Å². The van der Waals surface area contributed by atoms with E-state index in [-0.39, 0.29) is 12.3 Å². The zero-order valence-corrected chi connectivity index (χ0v) is 15.5. The number of hydrogen-bond acceptors (Lipinski definition) is 5. The summed E-state index contributed by atoms with van der Waals surface area (Å²) in [6.45, 7) is 0.714. The molecule has 2 N–H and O–H groups in total. The number of carbonyl (C=O) groups excluding carboxylic acids is 1. The second kappa shape index (κ2) is 8.81. The minimum absolute atomic E-state index is 0.0758. The molecule has 1 aliphatic rings. The molecule has 0 fully saturated rings. The lowest BCUT2D eigenvalue weighted by molar-refractivity contribution is -0.142. The number of nitrogens with zero attached hydrogens (tertiary/aromatic N) is 3. The third-order valence-corrected chi connectivity index (χ3v) is 4.79. The van der Waals surface area contributed by atoms with E-state index in [1.807, 2.05) is 16.7 Å². The number of carboxylic acids is 1. The predicted molar refractivity (Wildman–Crippen MR) is 104 cm³/mol. The van der Waals surface area contributed by atoms with Gasteiger partial charge in [-0.1, -0.05) is 30.2 Å². The van der Waals surface area contributed by atoms with Crippen LogP contribution in [-0.2, 0) is 17.8 Å².